The van der Waals surface area contributed by atoms with E-state index in [0.29, 0.717) is 13.1 Å². The number of rotatable bonds is 4. The molecule has 2 N–H and O–H groups in total. The summed E-state index contributed by atoms with van der Waals surface area (Å²) in [6.07, 6.45) is 4.00. The molecule has 1 aliphatic rings. The van der Waals surface area contributed by atoms with Crippen LogP contribution in [0.25, 0.3) is 0 Å². The number of likely N-dealkylation sites (tertiary alicyclic amines) is 1. The number of nitrogens with one attached hydrogen (secondary N) is 2. The van der Waals surface area contributed by atoms with Gasteiger partial charge in [-0.3, -0.25) is 9.89 Å². The van der Waals surface area contributed by atoms with E-state index in [1.807, 2.05) is 11.0 Å². The van der Waals surface area contributed by atoms with Gasteiger partial charge >= 0.3 is 0 Å². The number of aromatic amines is 1. The number of aromatic nitrogens is 2. The fourth-order valence-corrected chi connectivity index (χ4v) is 1.77. The van der Waals surface area contributed by atoms with Crippen molar-refractivity contribution in [3.05, 3.63) is 18.0 Å². The highest BCUT2D eigenvalue weighted by Gasteiger charge is 2.16. The van der Waals surface area contributed by atoms with Crippen molar-refractivity contribution in [1.29, 1.82) is 0 Å². The average Bonchev–Trinajstić information content (AvgIpc) is 2.90. The molecule has 15 heavy (non-hydrogen) atoms. The molecule has 1 saturated heterocycles. The molecule has 0 bridgehead atoms. The van der Waals surface area contributed by atoms with Crippen LogP contribution < -0.4 is 5.32 Å². The standard InChI is InChI=1S/C10H16N4O/c15-10(14-5-1-2-6-14)8-11-7-9-3-4-12-13-9/h3-4,11H,1-2,5-8H2,(H,12,13). The minimum atomic E-state index is 0.201. The highest BCUT2D eigenvalue weighted by molar-refractivity contribution is 5.78. The summed E-state index contributed by atoms with van der Waals surface area (Å²) in [5.74, 6) is 0.201. The number of carbonyl (C=O) groups is 1. The topological polar surface area (TPSA) is 61.0 Å². The summed E-state index contributed by atoms with van der Waals surface area (Å²) < 4.78 is 0. The van der Waals surface area contributed by atoms with Crippen LogP contribution in [0.4, 0.5) is 0 Å². The van der Waals surface area contributed by atoms with Gasteiger partial charge in [-0.2, -0.15) is 5.10 Å². The van der Waals surface area contributed by atoms with Crippen molar-refractivity contribution in [2.45, 2.75) is 19.4 Å². The molecule has 0 unspecified atom stereocenters. The molecule has 0 spiro atoms. The van der Waals surface area contributed by atoms with Crippen molar-refractivity contribution in [3.63, 3.8) is 0 Å². The fourth-order valence-electron chi connectivity index (χ4n) is 1.77. The third-order valence-electron chi connectivity index (χ3n) is 2.61. The van der Waals surface area contributed by atoms with Gasteiger partial charge in [0.15, 0.2) is 0 Å². The molecule has 1 aliphatic heterocycles. The molecule has 0 aromatic carbocycles. The van der Waals surface area contributed by atoms with Gasteiger partial charge in [-0.1, -0.05) is 0 Å². The largest absolute Gasteiger partial charge is 0.342 e. The Morgan fingerprint density at radius 1 is 1.53 bits per heavy atom. The van der Waals surface area contributed by atoms with Gasteiger partial charge in [-0.25, -0.2) is 0 Å². The Morgan fingerprint density at radius 3 is 3.00 bits per heavy atom. The van der Waals surface area contributed by atoms with E-state index in [-0.39, 0.29) is 5.91 Å². The van der Waals surface area contributed by atoms with E-state index in [1.54, 1.807) is 6.20 Å². The number of amides is 1. The molecule has 1 fully saturated rings. The Morgan fingerprint density at radius 2 is 2.33 bits per heavy atom. The predicted molar refractivity (Wildman–Crippen MR) is 56.1 cm³/mol. The number of hydrogen-bond donors (Lipinski definition) is 2. The van der Waals surface area contributed by atoms with E-state index in [1.165, 1.54) is 0 Å². The zero-order chi connectivity index (χ0) is 10.5. The molecule has 2 heterocycles. The second kappa shape index (κ2) is 4.93. The van der Waals surface area contributed by atoms with Crippen molar-refractivity contribution < 1.29 is 4.79 Å². The highest BCUT2D eigenvalue weighted by Crippen LogP contribution is 2.06. The Bertz CT molecular complexity index is 303. The number of nitrogens with zero attached hydrogens (tertiary/aromatic N) is 2. The minimum absolute atomic E-state index is 0.201. The van der Waals surface area contributed by atoms with E-state index < -0.39 is 0 Å². The normalized spacial score (nSPS) is 15.9. The van der Waals surface area contributed by atoms with Crippen molar-refractivity contribution >= 4 is 5.91 Å². The molecule has 0 atom stereocenters. The van der Waals surface area contributed by atoms with Gasteiger partial charge in [0.1, 0.15) is 0 Å². The smallest absolute Gasteiger partial charge is 0.236 e. The fraction of sp³-hybridized carbons (Fsp3) is 0.600. The van der Waals surface area contributed by atoms with E-state index in [4.69, 9.17) is 0 Å². The van der Waals surface area contributed by atoms with Gasteiger partial charge in [0, 0.05) is 31.5 Å². The van der Waals surface area contributed by atoms with Gasteiger partial charge in [0.2, 0.25) is 5.91 Å². The molecule has 1 aromatic rings. The lowest BCUT2D eigenvalue weighted by Gasteiger charge is -2.15. The molecule has 1 amide bonds. The third-order valence-corrected chi connectivity index (χ3v) is 2.61. The second-order valence-corrected chi connectivity index (χ2v) is 3.77. The Kier molecular flexibility index (Phi) is 3.34. The maximum absolute atomic E-state index is 11.6. The van der Waals surface area contributed by atoms with Crippen LogP contribution in [0.15, 0.2) is 12.3 Å². The maximum Gasteiger partial charge on any atom is 0.236 e. The first kappa shape index (κ1) is 10.2. The van der Waals surface area contributed by atoms with Gasteiger partial charge in [0.25, 0.3) is 0 Å². The van der Waals surface area contributed by atoms with Crippen LogP contribution in [0.5, 0.6) is 0 Å². The Balaban J connectivity index is 1.67. The van der Waals surface area contributed by atoms with Gasteiger partial charge in [-0.15, -0.1) is 0 Å². The first-order valence-corrected chi connectivity index (χ1v) is 5.33. The van der Waals surface area contributed by atoms with Crippen LogP contribution >= 0.6 is 0 Å². The summed E-state index contributed by atoms with van der Waals surface area (Å²) in [5, 5.41) is 9.78. The predicted octanol–water partition coefficient (Wildman–Crippen LogP) is 0.122. The van der Waals surface area contributed by atoms with Gasteiger partial charge < -0.3 is 10.2 Å². The van der Waals surface area contributed by atoms with Crippen LogP contribution in [0.2, 0.25) is 0 Å². The number of H-pyrrole nitrogens is 1. The van der Waals surface area contributed by atoms with Crippen LogP contribution in [-0.2, 0) is 11.3 Å². The molecule has 2 rings (SSSR count). The van der Waals surface area contributed by atoms with Crippen LogP contribution in [-0.4, -0.2) is 40.6 Å². The van der Waals surface area contributed by atoms with Crippen LogP contribution in [0.1, 0.15) is 18.5 Å². The Hall–Kier alpha value is -1.36. The molecular formula is C10H16N4O. The van der Waals surface area contributed by atoms with E-state index >= 15 is 0 Å². The van der Waals surface area contributed by atoms with Crippen molar-refractivity contribution in [2.75, 3.05) is 19.6 Å². The van der Waals surface area contributed by atoms with Gasteiger partial charge in [0.05, 0.1) is 6.54 Å². The number of carbonyl (C=O) groups excluding carboxylic acids is 1. The summed E-state index contributed by atoms with van der Waals surface area (Å²) in [6, 6.07) is 1.90. The average molecular weight is 208 g/mol. The van der Waals surface area contributed by atoms with E-state index in [0.717, 1.165) is 31.6 Å². The zero-order valence-corrected chi connectivity index (χ0v) is 8.70. The molecule has 0 radical (unpaired) electrons. The minimum Gasteiger partial charge on any atom is -0.342 e. The molecular weight excluding hydrogens is 192 g/mol. The molecule has 0 saturated carbocycles. The van der Waals surface area contributed by atoms with Crippen LogP contribution in [0.3, 0.4) is 0 Å². The molecule has 5 nitrogen and oxygen atoms in total. The molecule has 0 aliphatic carbocycles. The summed E-state index contributed by atoms with van der Waals surface area (Å²) in [6.45, 7) is 2.92. The van der Waals surface area contributed by atoms with E-state index in [2.05, 4.69) is 15.5 Å². The SMILES string of the molecule is O=C(CNCc1ccn[nH]1)N1CCCC1. The lowest BCUT2D eigenvalue weighted by molar-refractivity contribution is -0.129. The second-order valence-electron chi connectivity index (χ2n) is 3.77. The van der Waals surface area contributed by atoms with Crippen molar-refractivity contribution in [2.24, 2.45) is 0 Å². The lowest BCUT2D eigenvalue weighted by atomic mass is 10.4. The number of hydrogen-bond acceptors (Lipinski definition) is 3. The summed E-state index contributed by atoms with van der Waals surface area (Å²) in [5.41, 5.74) is 1.00. The summed E-state index contributed by atoms with van der Waals surface area (Å²) in [4.78, 5) is 13.5. The molecule has 82 valence electrons. The monoisotopic (exact) mass is 208 g/mol. The Labute approximate surface area is 88.8 Å². The van der Waals surface area contributed by atoms with E-state index in [9.17, 15) is 4.79 Å². The first-order chi connectivity index (χ1) is 7.36. The van der Waals surface area contributed by atoms with Gasteiger partial charge in [-0.05, 0) is 18.9 Å². The quantitative estimate of drug-likeness (QED) is 0.739. The first-order valence-electron chi connectivity index (χ1n) is 5.33. The molecule has 5 heteroatoms. The summed E-state index contributed by atoms with van der Waals surface area (Å²) in [7, 11) is 0. The van der Waals surface area contributed by atoms with Crippen LogP contribution in [0, 0.1) is 0 Å². The highest BCUT2D eigenvalue weighted by atomic mass is 16.2. The zero-order valence-electron chi connectivity index (χ0n) is 8.70. The summed E-state index contributed by atoms with van der Waals surface area (Å²) >= 11 is 0. The maximum atomic E-state index is 11.6. The lowest BCUT2D eigenvalue weighted by Crippen LogP contribution is -2.36. The van der Waals surface area contributed by atoms with Crippen molar-refractivity contribution in [3.8, 4) is 0 Å². The van der Waals surface area contributed by atoms with Crippen molar-refractivity contribution in [1.82, 2.24) is 20.4 Å². The molecule has 1 aromatic heterocycles. The third kappa shape index (κ3) is 2.79.